The molecule has 1 nitrogen and oxygen atoms in total. The molecule has 0 aromatic carbocycles. The van der Waals surface area contributed by atoms with E-state index >= 15 is 0 Å². The van der Waals surface area contributed by atoms with Crippen LogP contribution in [-0.4, -0.2) is 17.0 Å². The van der Waals surface area contributed by atoms with Gasteiger partial charge < -0.3 is 5.73 Å². The van der Waals surface area contributed by atoms with Crippen LogP contribution in [0.4, 0.5) is 0 Å². The molecule has 1 aromatic rings. The van der Waals surface area contributed by atoms with Crippen molar-refractivity contribution >= 4 is 23.1 Å². The van der Waals surface area contributed by atoms with Gasteiger partial charge in [0.2, 0.25) is 0 Å². The highest BCUT2D eigenvalue weighted by molar-refractivity contribution is 7.99. The molecule has 0 fully saturated rings. The second kappa shape index (κ2) is 5.68. The van der Waals surface area contributed by atoms with E-state index in [0.29, 0.717) is 11.3 Å². The molecular weight excluding hydrogens is 198 g/mol. The monoisotopic (exact) mass is 215 g/mol. The van der Waals surface area contributed by atoms with Crippen LogP contribution in [0.15, 0.2) is 16.8 Å². The Morgan fingerprint density at radius 1 is 1.54 bits per heavy atom. The van der Waals surface area contributed by atoms with Crippen molar-refractivity contribution in [3.8, 4) is 0 Å². The first kappa shape index (κ1) is 11.1. The number of thiophene rings is 1. The van der Waals surface area contributed by atoms with E-state index in [1.54, 1.807) is 11.3 Å². The van der Waals surface area contributed by atoms with Gasteiger partial charge >= 0.3 is 0 Å². The van der Waals surface area contributed by atoms with Crippen molar-refractivity contribution in [2.75, 3.05) is 5.75 Å². The molecule has 2 N–H and O–H groups in total. The van der Waals surface area contributed by atoms with Gasteiger partial charge in [0.15, 0.2) is 0 Å². The molecule has 0 spiro atoms. The summed E-state index contributed by atoms with van der Waals surface area (Å²) in [5, 5.41) is 4.98. The molecule has 0 aliphatic rings. The zero-order chi connectivity index (χ0) is 9.68. The fraction of sp³-hybridized carbons (Fsp3) is 0.600. The maximum atomic E-state index is 6.00. The molecule has 1 heterocycles. The first-order valence-corrected chi connectivity index (χ1v) is 6.56. The lowest BCUT2D eigenvalue weighted by Gasteiger charge is -2.11. The summed E-state index contributed by atoms with van der Waals surface area (Å²) in [4.78, 5) is 0. The van der Waals surface area contributed by atoms with Gasteiger partial charge in [-0.1, -0.05) is 13.8 Å². The van der Waals surface area contributed by atoms with Gasteiger partial charge in [-0.25, -0.2) is 0 Å². The number of nitrogens with two attached hydrogens (primary N) is 1. The first-order chi connectivity index (χ1) is 6.18. The SMILES string of the molecule is CC(C)SCC(N)Cc1ccsc1. The standard InChI is InChI=1S/C10H17NS2/c1-8(2)13-7-10(11)5-9-3-4-12-6-9/h3-4,6,8,10H,5,7,11H2,1-2H3. The highest BCUT2D eigenvalue weighted by atomic mass is 32.2. The Balaban J connectivity index is 2.22. The lowest BCUT2D eigenvalue weighted by molar-refractivity contribution is 0.749. The van der Waals surface area contributed by atoms with Crippen molar-refractivity contribution in [3.05, 3.63) is 22.4 Å². The molecule has 3 heteroatoms. The van der Waals surface area contributed by atoms with Gasteiger partial charge in [-0.2, -0.15) is 23.1 Å². The summed E-state index contributed by atoms with van der Waals surface area (Å²) in [7, 11) is 0. The third kappa shape index (κ3) is 4.69. The highest BCUT2D eigenvalue weighted by Gasteiger charge is 2.05. The van der Waals surface area contributed by atoms with Gasteiger partial charge in [0.05, 0.1) is 0 Å². The van der Waals surface area contributed by atoms with Crippen LogP contribution < -0.4 is 5.73 Å². The Bertz CT molecular complexity index is 219. The average molecular weight is 215 g/mol. The lowest BCUT2D eigenvalue weighted by atomic mass is 10.1. The third-order valence-corrected chi connectivity index (χ3v) is 3.74. The summed E-state index contributed by atoms with van der Waals surface area (Å²) < 4.78 is 0. The molecule has 1 rings (SSSR count). The lowest BCUT2D eigenvalue weighted by Crippen LogP contribution is -2.26. The van der Waals surface area contributed by atoms with Crippen LogP contribution in [0.5, 0.6) is 0 Å². The van der Waals surface area contributed by atoms with Gasteiger partial charge in [0.1, 0.15) is 0 Å². The molecule has 0 amide bonds. The van der Waals surface area contributed by atoms with Crippen LogP contribution in [0, 0.1) is 0 Å². The minimum atomic E-state index is 0.307. The van der Waals surface area contributed by atoms with Crippen LogP contribution in [0.1, 0.15) is 19.4 Å². The molecule has 0 saturated carbocycles. The van der Waals surface area contributed by atoms with Crippen LogP contribution >= 0.6 is 23.1 Å². The molecule has 0 bridgehead atoms. The quantitative estimate of drug-likeness (QED) is 0.817. The van der Waals surface area contributed by atoms with Gasteiger partial charge in [0.25, 0.3) is 0 Å². The summed E-state index contributed by atoms with van der Waals surface area (Å²) in [5.74, 6) is 1.06. The van der Waals surface area contributed by atoms with E-state index < -0.39 is 0 Å². The fourth-order valence-corrected chi connectivity index (χ4v) is 2.52. The zero-order valence-corrected chi connectivity index (χ0v) is 9.83. The molecule has 0 radical (unpaired) electrons. The van der Waals surface area contributed by atoms with Crippen LogP contribution in [0.3, 0.4) is 0 Å². The van der Waals surface area contributed by atoms with Crippen molar-refractivity contribution in [1.29, 1.82) is 0 Å². The van der Waals surface area contributed by atoms with Crippen molar-refractivity contribution < 1.29 is 0 Å². The maximum Gasteiger partial charge on any atom is 0.0171 e. The second-order valence-electron chi connectivity index (χ2n) is 3.48. The van der Waals surface area contributed by atoms with Gasteiger partial charge in [-0.3, -0.25) is 0 Å². The Hall–Kier alpha value is 0.01000. The molecular formula is C10H17NS2. The number of rotatable bonds is 5. The number of thioether (sulfide) groups is 1. The molecule has 74 valence electrons. The largest absolute Gasteiger partial charge is 0.327 e. The van der Waals surface area contributed by atoms with E-state index in [9.17, 15) is 0 Å². The normalized spacial score (nSPS) is 13.5. The molecule has 13 heavy (non-hydrogen) atoms. The fourth-order valence-electron chi connectivity index (χ4n) is 1.09. The van der Waals surface area contributed by atoms with E-state index in [1.807, 2.05) is 11.8 Å². The van der Waals surface area contributed by atoms with Gasteiger partial charge in [0, 0.05) is 11.8 Å². The molecule has 0 aliphatic heterocycles. The molecule has 0 aliphatic carbocycles. The third-order valence-electron chi connectivity index (χ3n) is 1.72. The van der Waals surface area contributed by atoms with E-state index in [2.05, 4.69) is 30.7 Å². The van der Waals surface area contributed by atoms with Crippen molar-refractivity contribution in [2.24, 2.45) is 5.73 Å². The van der Waals surface area contributed by atoms with Crippen LogP contribution in [0.25, 0.3) is 0 Å². The Labute approximate surface area is 88.7 Å². The summed E-state index contributed by atoms with van der Waals surface area (Å²) in [5.41, 5.74) is 7.37. The van der Waals surface area contributed by atoms with Crippen molar-refractivity contribution in [2.45, 2.75) is 31.6 Å². The van der Waals surface area contributed by atoms with Gasteiger partial charge in [-0.05, 0) is 34.1 Å². The van der Waals surface area contributed by atoms with Crippen molar-refractivity contribution in [3.63, 3.8) is 0 Å². The van der Waals surface area contributed by atoms with E-state index in [1.165, 1.54) is 5.56 Å². The number of hydrogen-bond acceptors (Lipinski definition) is 3. The summed E-state index contributed by atoms with van der Waals surface area (Å²) in [6.45, 7) is 4.42. The van der Waals surface area contributed by atoms with E-state index in [4.69, 9.17) is 5.73 Å². The van der Waals surface area contributed by atoms with E-state index in [-0.39, 0.29) is 0 Å². The van der Waals surface area contributed by atoms with Crippen molar-refractivity contribution in [1.82, 2.24) is 0 Å². The van der Waals surface area contributed by atoms with Crippen LogP contribution in [-0.2, 0) is 6.42 Å². The Morgan fingerprint density at radius 2 is 2.31 bits per heavy atom. The summed E-state index contributed by atoms with van der Waals surface area (Å²) >= 11 is 3.68. The first-order valence-electron chi connectivity index (χ1n) is 4.56. The molecule has 0 saturated heterocycles. The zero-order valence-electron chi connectivity index (χ0n) is 8.19. The Morgan fingerprint density at radius 3 is 2.85 bits per heavy atom. The highest BCUT2D eigenvalue weighted by Crippen LogP contribution is 2.13. The van der Waals surface area contributed by atoms with Gasteiger partial charge in [-0.15, -0.1) is 0 Å². The predicted molar refractivity (Wildman–Crippen MR) is 63.6 cm³/mol. The molecule has 1 unspecified atom stereocenters. The minimum Gasteiger partial charge on any atom is -0.327 e. The summed E-state index contributed by atoms with van der Waals surface area (Å²) in [6.07, 6.45) is 1.02. The number of hydrogen-bond donors (Lipinski definition) is 1. The second-order valence-corrected chi connectivity index (χ2v) is 5.87. The molecule has 1 atom stereocenters. The molecule has 1 aromatic heterocycles. The van der Waals surface area contributed by atoms with E-state index in [0.717, 1.165) is 12.2 Å². The summed E-state index contributed by atoms with van der Waals surface area (Å²) in [6, 6.07) is 2.46. The topological polar surface area (TPSA) is 26.0 Å². The predicted octanol–water partition coefficient (Wildman–Crippen LogP) is 2.76. The smallest absolute Gasteiger partial charge is 0.0171 e. The minimum absolute atomic E-state index is 0.307. The Kier molecular flexibility index (Phi) is 4.84. The maximum absolute atomic E-state index is 6.00. The van der Waals surface area contributed by atoms with Crippen LogP contribution in [0.2, 0.25) is 0 Å². The average Bonchev–Trinajstić information content (AvgIpc) is 2.53.